The Balaban J connectivity index is 2.42. The number of carbonyl (C=O) groups is 1. The van der Waals surface area contributed by atoms with Gasteiger partial charge < -0.3 is 9.64 Å². The second-order valence-corrected chi connectivity index (χ2v) is 6.55. The second-order valence-electron chi connectivity index (χ2n) is 6.24. The van der Waals surface area contributed by atoms with E-state index in [1.54, 1.807) is 4.90 Å². The second kappa shape index (κ2) is 7.18. The molecule has 0 aromatic carbocycles. The van der Waals surface area contributed by atoms with Gasteiger partial charge in [-0.05, 0) is 52.4 Å². The van der Waals surface area contributed by atoms with Gasteiger partial charge in [0.2, 0.25) is 0 Å². The Bertz CT molecular complexity index is 315. The molecule has 0 N–H and O–H groups in total. The first-order chi connectivity index (χ1) is 8.83. The van der Waals surface area contributed by atoms with Crippen LogP contribution in [0, 0.1) is 5.92 Å². The van der Waals surface area contributed by atoms with E-state index in [1.165, 1.54) is 0 Å². The van der Waals surface area contributed by atoms with Crippen LogP contribution < -0.4 is 0 Å². The zero-order valence-electron chi connectivity index (χ0n) is 12.5. The summed E-state index contributed by atoms with van der Waals surface area (Å²) in [7, 11) is 1.84. The molecule has 0 atom stereocenters. The minimum absolute atomic E-state index is 0.216. The smallest absolute Gasteiger partial charge is 0.410 e. The number of nitrogens with zero attached hydrogens (tertiary/aromatic N) is 1. The Hall–Kier alpha value is -0.700. The van der Waals surface area contributed by atoms with Crippen molar-refractivity contribution in [2.75, 3.05) is 12.9 Å². The monoisotopic (exact) mass is 287 g/mol. The Morgan fingerprint density at radius 3 is 2.37 bits per heavy atom. The highest BCUT2D eigenvalue weighted by Crippen LogP contribution is 2.28. The Labute approximate surface area is 121 Å². The van der Waals surface area contributed by atoms with E-state index in [0.29, 0.717) is 17.8 Å². The van der Waals surface area contributed by atoms with Gasteiger partial charge in [-0.3, -0.25) is 0 Å². The molecule has 0 heterocycles. The predicted molar refractivity (Wildman–Crippen MR) is 79.6 cm³/mol. The molecule has 1 aliphatic carbocycles. The van der Waals surface area contributed by atoms with Gasteiger partial charge in [-0.1, -0.05) is 12.2 Å². The number of allylic oxidation sites excluding steroid dienone is 2. The molecule has 1 amide bonds. The van der Waals surface area contributed by atoms with Crippen LogP contribution in [0.5, 0.6) is 0 Å². The van der Waals surface area contributed by atoms with Crippen LogP contribution in [0.4, 0.5) is 4.79 Å². The maximum absolute atomic E-state index is 12.0. The van der Waals surface area contributed by atoms with Crippen molar-refractivity contribution >= 4 is 17.7 Å². The highest BCUT2D eigenvalue weighted by Gasteiger charge is 2.28. The third-order valence-electron chi connectivity index (χ3n) is 3.47. The molecule has 1 fully saturated rings. The summed E-state index contributed by atoms with van der Waals surface area (Å²) in [6, 6.07) is 0.301. The summed E-state index contributed by atoms with van der Waals surface area (Å²) in [6.45, 7) is 5.69. The molecule has 0 spiro atoms. The molecule has 1 saturated carbocycles. The van der Waals surface area contributed by atoms with E-state index in [-0.39, 0.29) is 6.09 Å². The van der Waals surface area contributed by atoms with E-state index >= 15 is 0 Å². The summed E-state index contributed by atoms with van der Waals surface area (Å²) >= 11 is 5.65. The van der Waals surface area contributed by atoms with E-state index in [1.807, 2.05) is 33.9 Å². The molecule has 0 radical (unpaired) electrons. The predicted octanol–water partition coefficient (Wildman–Crippen LogP) is 4.21. The lowest BCUT2D eigenvalue weighted by Crippen LogP contribution is -2.42. The first kappa shape index (κ1) is 16.4. The summed E-state index contributed by atoms with van der Waals surface area (Å²) < 4.78 is 5.40. The largest absolute Gasteiger partial charge is 0.444 e. The SMILES string of the molecule is CN(C(=O)OC(C)(C)C)[C@H]1CC[C@H](/C=C/CCl)CC1. The van der Waals surface area contributed by atoms with Crippen LogP contribution >= 0.6 is 11.6 Å². The number of amides is 1. The van der Waals surface area contributed by atoms with Crippen LogP contribution in [0.2, 0.25) is 0 Å². The molecule has 0 aliphatic heterocycles. The molecule has 4 heteroatoms. The van der Waals surface area contributed by atoms with Crippen LogP contribution in [0.25, 0.3) is 0 Å². The zero-order valence-corrected chi connectivity index (χ0v) is 13.2. The van der Waals surface area contributed by atoms with Crippen molar-refractivity contribution in [3.63, 3.8) is 0 Å². The molecule has 0 aromatic rings. The molecule has 1 aliphatic rings. The van der Waals surface area contributed by atoms with Gasteiger partial charge in [0.05, 0.1) is 0 Å². The van der Waals surface area contributed by atoms with Crippen molar-refractivity contribution in [3.8, 4) is 0 Å². The van der Waals surface area contributed by atoms with Crippen molar-refractivity contribution < 1.29 is 9.53 Å². The molecular weight excluding hydrogens is 262 g/mol. The van der Waals surface area contributed by atoms with Crippen molar-refractivity contribution in [2.45, 2.75) is 58.1 Å². The molecule has 19 heavy (non-hydrogen) atoms. The number of hydrogen-bond acceptors (Lipinski definition) is 2. The average molecular weight is 288 g/mol. The minimum atomic E-state index is -0.425. The highest BCUT2D eigenvalue weighted by atomic mass is 35.5. The molecule has 0 bridgehead atoms. The topological polar surface area (TPSA) is 29.5 Å². The molecule has 3 nitrogen and oxygen atoms in total. The van der Waals surface area contributed by atoms with E-state index in [2.05, 4.69) is 6.08 Å². The van der Waals surface area contributed by atoms with E-state index in [4.69, 9.17) is 16.3 Å². The van der Waals surface area contributed by atoms with Crippen LogP contribution in [-0.4, -0.2) is 35.6 Å². The van der Waals surface area contributed by atoms with Crippen molar-refractivity contribution in [1.29, 1.82) is 0 Å². The third-order valence-corrected chi connectivity index (χ3v) is 3.65. The number of halogens is 1. The van der Waals surface area contributed by atoms with Crippen molar-refractivity contribution in [3.05, 3.63) is 12.2 Å². The lowest BCUT2D eigenvalue weighted by Gasteiger charge is -2.34. The Morgan fingerprint density at radius 2 is 1.89 bits per heavy atom. The average Bonchev–Trinajstić information content (AvgIpc) is 2.34. The van der Waals surface area contributed by atoms with Gasteiger partial charge in [0.15, 0.2) is 0 Å². The number of carbonyl (C=O) groups excluding carboxylic acids is 1. The molecule has 0 aromatic heterocycles. The van der Waals surface area contributed by atoms with Gasteiger partial charge in [0.1, 0.15) is 5.60 Å². The fourth-order valence-corrected chi connectivity index (χ4v) is 2.51. The quantitative estimate of drug-likeness (QED) is 0.575. The number of hydrogen-bond donors (Lipinski definition) is 0. The molecule has 110 valence electrons. The van der Waals surface area contributed by atoms with E-state index < -0.39 is 5.60 Å². The highest BCUT2D eigenvalue weighted by molar-refractivity contribution is 6.18. The van der Waals surface area contributed by atoms with E-state index in [0.717, 1.165) is 25.7 Å². The number of ether oxygens (including phenoxy) is 1. The van der Waals surface area contributed by atoms with Crippen LogP contribution in [0.3, 0.4) is 0 Å². The van der Waals surface area contributed by atoms with Crippen LogP contribution in [0.15, 0.2) is 12.2 Å². The summed E-state index contributed by atoms with van der Waals surface area (Å²) in [5.74, 6) is 1.19. The summed E-state index contributed by atoms with van der Waals surface area (Å²) in [4.78, 5) is 13.7. The molecular formula is C15H26ClNO2. The number of alkyl halides is 1. The van der Waals surface area contributed by atoms with Gasteiger partial charge in [-0.15, -0.1) is 11.6 Å². The van der Waals surface area contributed by atoms with Gasteiger partial charge in [0, 0.05) is 19.0 Å². The summed E-state index contributed by atoms with van der Waals surface area (Å²) in [5.41, 5.74) is -0.425. The van der Waals surface area contributed by atoms with Crippen LogP contribution in [-0.2, 0) is 4.74 Å². The van der Waals surface area contributed by atoms with Gasteiger partial charge in [-0.2, -0.15) is 0 Å². The van der Waals surface area contributed by atoms with E-state index in [9.17, 15) is 4.79 Å². The first-order valence-electron chi connectivity index (χ1n) is 7.02. The standard InChI is InChI=1S/C15H26ClNO2/c1-15(2,3)19-14(18)17(4)13-9-7-12(8-10-13)6-5-11-16/h5-6,12-13H,7-11H2,1-4H3/b6-5+/t12-,13-. The fourth-order valence-electron chi connectivity index (χ4n) is 2.41. The van der Waals surface area contributed by atoms with Gasteiger partial charge in [-0.25, -0.2) is 4.79 Å². The fraction of sp³-hybridized carbons (Fsp3) is 0.800. The normalized spacial score (nSPS) is 24.5. The molecule has 0 unspecified atom stereocenters. The minimum Gasteiger partial charge on any atom is -0.444 e. The summed E-state index contributed by atoms with van der Waals surface area (Å²) in [5, 5.41) is 0. The lowest BCUT2D eigenvalue weighted by molar-refractivity contribution is 0.0179. The Morgan fingerprint density at radius 1 is 1.32 bits per heavy atom. The Kier molecular flexibility index (Phi) is 6.18. The molecule has 1 rings (SSSR count). The third kappa shape index (κ3) is 5.85. The maximum atomic E-state index is 12.0. The van der Waals surface area contributed by atoms with Crippen molar-refractivity contribution in [1.82, 2.24) is 4.90 Å². The maximum Gasteiger partial charge on any atom is 0.410 e. The zero-order chi connectivity index (χ0) is 14.5. The lowest BCUT2D eigenvalue weighted by atomic mass is 9.85. The first-order valence-corrected chi connectivity index (χ1v) is 7.55. The summed E-state index contributed by atoms with van der Waals surface area (Å²) in [6.07, 6.45) is 8.31. The van der Waals surface area contributed by atoms with Crippen LogP contribution in [0.1, 0.15) is 46.5 Å². The van der Waals surface area contributed by atoms with Gasteiger partial charge in [0.25, 0.3) is 0 Å². The number of rotatable bonds is 3. The van der Waals surface area contributed by atoms with Gasteiger partial charge >= 0.3 is 6.09 Å². The molecule has 0 saturated heterocycles. The van der Waals surface area contributed by atoms with Crippen molar-refractivity contribution in [2.24, 2.45) is 5.92 Å².